The van der Waals surface area contributed by atoms with E-state index in [0.717, 1.165) is 17.1 Å². The second-order valence-electron chi connectivity index (χ2n) is 7.81. The number of aromatic nitrogens is 1. The maximum absolute atomic E-state index is 12.8. The van der Waals surface area contributed by atoms with E-state index in [1.54, 1.807) is 12.1 Å². The Morgan fingerprint density at radius 2 is 1.71 bits per heavy atom. The molecule has 3 aromatic rings. The van der Waals surface area contributed by atoms with Gasteiger partial charge in [0.05, 0.1) is 11.5 Å². The van der Waals surface area contributed by atoms with Gasteiger partial charge in [-0.15, -0.1) is 0 Å². The Morgan fingerprint density at radius 3 is 2.42 bits per heavy atom. The minimum absolute atomic E-state index is 0.109. The van der Waals surface area contributed by atoms with Gasteiger partial charge in [-0.3, -0.25) is 4.79 Å². The molecule has 1 saturated heterocycles. The van der Waals surface area contributed by atoms with Crippen LogP contribution in [-0.2, 0) is 9.84 Å². The molecule has 6 nitrogen and oxygen atoms in total. The first-order valence-electron chi connectivity index (χ1n) is 10.2. The van der Waals surface area contributed by atoms with Gasteiger partial charge < -0.3 is 14.0 Å². The molecule has 0 N–H and O–H groups in total. The lowest BCUT2D eigenvalue weighted by Crippen LogP contribution is -2.16. The maximum atomic E-state index is 12.8. The summed E-state index contributed by atoms with van der Waals surface area (Å²) in [5, 5.41) is 0. The summed E-state index contributed by atoms with van der Waals surface area (Å²) in [5.74, 6) is 2.06. The Morgan fingerprint density at radius 1 is 1.00 bits per heavy atom. The average Bonchev–Trinajstić information content (AvgIpc) is 3.25. The Hall–Kier alpha value is -3.06. The molecular weight excluding hydrogens is 414 g/mol. The number of hydrogen-bond donors (Lipinski definition) is 0. The molecule has 31 heavy (non-hydrogen) atoms. The number of sulfone groups is 1. The van der Waals surface area contributed by atoms with Crippen molar-refractivity contribution < 1.29 is 22.7 Å². The molecule has 0 unspecified atom stereocenters. The maximum Gasteiger partial charge on any atom is 0.202 e. The van der Waals surface area contributed by atoms with Crippen LogP contribution in [0.1, 0.15) is 34.2 Å². The predicted octanol–water partition coefficient (Wildman–Crippen LogP) is 4.52. The number of ketones is 1. The van der Waals surface area contributed by atoms with Crippen LogP contribution in [0.15, 0.2) is 60.7 Å². The molecule has 162 valence electrons. The lowest BCUT2D eigenvalue weighted by molar-refractivity contribution is 0.0920. The fourth-order valence-electron chi connectivity index (χ4n) is 4.08. The Balaban J connectivity index is 1.44. The first-order chi connectivity index (χ1) is 14.8. The van der Waals surface area contributed by atoms with E-state index in [9.17, 15) is 13.2 Å². The van der Waals surface area contributed by atoms with Crippen LogP contribution >= 0.6 is 0 Å². The van der Waals surface area contributed by atoms with Crippen LogP contribution in [0.5, 0.6) is 17.2 Å². The molecule has 4 rings (SSSR count). The van der Waals surface area contributed by atoms with Crippen LogP contribution in [0, 0.1) is 13.8 Å². The topological polar surface area (TPSA) is 74.6 Å². The molecule has 1 aliphatic rings. The quantitative estimate of drug-likeness (QED) is 0.506. The van der Waals surface area contributed by atoms with Crippen molar-refractivity contribution in [2.45, 2.75) is 26.3 Å². The molecule has 7 heteroatoms. The minimum atomic E-state index is -3.00. The number of carbonyl (C=O) groups excluding carboxylic acids is 1. The van der Waals surface area contributed by atoms with Crippen LogP contribution in [0.3, 0.4) is 0 Å². The van der Waals surface area contributed by atoms with E-state index < -0.39 is 9.84 Å². The van der Waals surface area contributed by atoms with Crippen LogP contribution in [-0.4, -0.2) is 36.9 Å². The second-order valence-corrected chi connectivity index (χ2v) is 10.0. The number of aryl methyl sites for hydroxylation is 1. The van der Waals surface area contributed by atoms with Gasteiger partial charge in [0.2, 0.25) is 5.78 Å². The molecule has 1 aliphatic heterocycles. The molecule has 0 spiro atoms. The molecule has 0 aliphatic carbocycles. The zero-order valence-corrected chi connectivity index (χ0v) is 18.4. The number of rotatable bonds is 7. The Bertz CT molecular complexity index is 1200. The predicted molar refractivity (Wildman–Crippen MR) is 119 cm³/mol. The van der Waals surface area contributed by atoms with Gasteiger partial charge in [0.1, 0.15) is 17.2 Å². The van der Waals surface area contributed by atoms with Crippen molar-refractivity contribution in [1.82, 2.24) is 4.57 Å². The number of ether oxygens (including phenoxy) is 2. The van der Waals surface area contributed by atoms with Gasteiger partial charge in [0.15, 0.2) is 16.4 Å². The van der Waals surface area contributed by atoms with Crippen molar-refractivity contribution in [1.29, 1.82) is 0 Å². The van der Waals surface area contributed by atoms with Crippen LogP contribution in [0.2, 0.25) is 0 Å². The smallest absolute Gasteiger partial charge is 0.202 e. The summed E-state index contributed by atoms with van der Waals surface area (Å²) in [5.41, 5.74) is 2.24. The number of benzene rings is 2. The van der Waals surface area contributed by atoms with E-state index in [1.165, 1.54) is 0 Å². The van der Waals surface area contributed by atoms with Crippen molar-refractivity contribution in [3.05, 3.63) is 77.6 Å². The summed E-state index contributed by atoms with van der Waals surface area (Å²) in [7, 11) is -3.00. The molecule has 1 fully saturated rings. The zero-order valence-electron chi connectivity index (χ0n) is 17.6. The highest BCUT2D eigenvalue weighted by Gasteiger charge is 2.31. The fourth-order valence-corrected chi connectivity index (χ4v) is 5.78. The first kappa shape index (κ1) is 21.2. The van der Waals surface area contributed by atoms with Crippen molar-refractivity contribution in [3.8, 4) is 17.2 Å². The number of para-hydroxylation sites is 1. The highest BCUT2D eigenvalue weighted by atomic mass is 32.2. The third-order valence-corrected chi connectivity index (χ3v) is 7.26. The standard InChI is InChI=1S/C24H25NO5S/c1-17-13-23(18(2)25(17)19-11-12-31(27,28)16-19)24(26)15-29-21-9-6-10-22(14-21)30-20-7-4-3-5-8-20/h3-10,13-14,19H,11-12,15-16H2,1-2H3/t19-/m1/s1. The SMILES string of the molecule is Cc1cc(C(=O)COc2cccc(Oc3ccccc3)c2)c(C)n1[C@@H]1CCS(=O)(=O)C1. The summed E-state index contributed by atoms with van der Waals surface area (Å²) in [4.78, 5) is 12.8. The van der Waals surface area contributed by atoms with Crippen molar-refractivity contribution in [2.24, 2.45) is 0 Å². The monoisotopic (exact) mass is 439 g/mol. The molecular formula is C24H25NO5S. The molecule has 0 amide bonds. The van der Waals surface area contributed by atoms with Gasteiger partial charge in [-0.25, -0.2) is 8.42 Å². The third kappa shape index (κ3) is 4.82. The lowest BCUT2D eigenvalue weighted by Gasteiger charge is -2.16. The zero-order chi connectivity index (χ0) is 22.0. The van der Waals surface area contributed by atoms with E-state index in [0.29, 0.717) is 23.5 Å². The van der Waals surface area contributed by atoms with E-state index in [-0.39, 0.29) is 29.9 Å². The summed E-state index contributed by atoms with van der Waals surface area (Å²) in [6.07, 6.45) is 0.580. The van der Waals surface area contributed by atoms with Gasteiger partial charge in [-0.2, -0.15) is 0 Å². The summed E-state index contributed by atoms with van der Waals surface area (Å²) in [6, 6.07) is 18.3. The largest absolute Gasteiger partial charge is 0.485 e. The van der Waals surface area contributed by atoms with Gasteiger partial charge in [0.25, 0.3) is 0 Å². The number of Topliss-reactive ketones (excluding diaryl/α,β-unsaturated/α-hetero) is 1. The molecule has 1 atom stereocenters. The fraction of sp³-hybridized carbons (Fsp3) is 0.292. The van der Waals surface area contributed by atoms with Crippen molar-refractivity contribution in [3.63, 3.8) is 0 Å². The Kier molecular flexibility index (Phi) is 5.87. The van der Waals surface area contributed by atoms with Gasteiger partial charge in [-0.1, -0.05) is 24.3 Å². The van der Waals surface area contributed by atoms with Gasteiger partial charge in [-0.05, 0) is 50.6 Å². The van der Waals surface area contributed by atoms with Crippen LogP contribution < -0.4 is 9.47 Å². The van der Waals surface area contributed by atoms with Crippen molar-refractivity contribution in [2.75, 3.05) is 18.1 Å². The minimum Gasteiger partial charge on any atom is -0.485 e. The molecule has 0 radical (unpaired) electrons. The molecule has 2 aromatic carbocycles. The van der Waals surface area contributed by atoms with Gasteiger partial charge >= 0.3 is 0 Å². The highest BCUT2D eigenvalue weighted by molar-refractivity contribution is 7.91. The first-order valence-corrected chi connectivity index (χ1v) is 12.0. The van der Waals surface area contributed by atoms with Gasteiger partial charge in [0, 0.05) is 29.1 Å². The normalized spacial score (nSPS) is 17.4. The number of nitrogens with zero attached hydrogens (tertiary/aromatic N) is 1. The van der Waals surface area contributed by atoms with E-state index >= 15 is 0 Å². The summed E-state index contributed by atoms with van der Waals surface area (Å²) in [6.45, 7) is 3.65. The van der Waals surface area contributed by atoms with E-state index in [2.05, 4.69) is 0 Å². The van der Waals surface area contributed by atoms with E-state index in [1.807, 2.05) is 66.9 Å². The second kappa shape index (κ2) is 8.59. The summed E-state index contributed by atoms with van der Waals surface area (Å²) >= 11 is 0. The molecule has 2 heterocycles. The average molecular weight is 440 g/mol. The summed E-state index contributed by atoms with van der Waals surface area (Å²) < 4.78 is 37.3. The molecule has 0 saturated carbocycles. The van der Waals surface area contributed by atoms with Crippen LogP contribution in [0.25, 0.3) is 0 Å². The number of carbonyl (C=O) groups is 1. The Labute approximate surface area is 182 Å². The molecule has 1 aromatic heterocycles. The molecule has 0 bridgehead atoms. The van der Waals surface area contributed by atoms with E-state index in [4.69, 9.17) is 9.47 Å². The number of hydrogen-bond acceptors (Lipinski definition) is 5. The highest BCUT2D eigenvalue weighted by Crippen LogP contribution is 2.30. The third-order valence-electron chi connectivity index (χ3n) is 5.51. The van der Waals surface area contributed by atoms with Crippen molar-refractivity contribution >= 4 is 15.6 Å². The lowest BCUT2D eigenvalue weighted by atomic mass is 10.1. The van der Waals surface area contributed by atoms with Crippen LogP contribution in [0.4, 0.5) is 0 Å².